The number of hydrogen-bond acceptors (Lipinski definition) is 7. The predicted molar refractivity (Wildman–Crippen MR) is 66.0 cm³/mol. The molecule has 2 aromatic rings. The van der Waals surface area contributed by atoms with Gasteiger partial charge in [0.15, 0.2) is 17.7 Å². The Morgan fingerprint density at radius 2 is 2.14 bits per heavy atom. The van der Waals surface area contributed by atoms with Gasteiger partial charge in [-0.25, -0.2) is 15.0 Å². The van der Waals surface area contributed by atoms with Crippen molar-refractivity contribution in [3.8, 4) is 0 Å². The number of nitrogen functional groups attached to an aromatic ring is 1. The minimum absolute atomic E-state index is 0.0993. The Morgan fingerprint density at radius 1 is 1.38 bits per heavy atom. The van der Waals surface area contributed by atoms with Crippen molar-refractivity contribution in [2.24, 2.45) is 0 Å². The summed E-state index contributed by atoms with van der Waals surface area (Å²) in [4.78, 5) is 11.6. The zero-order valence-corrected chi connectivity index (χ0v) is 10.5. The SMILES string of the molecule is Nc1ncnc2c1ncn2[C@@H]1O[C@H](CO)[C@@H](O)C1=C(F)F. The first-order valence-corrected chi connectivity index (χ1v) is 5.97. The maximum Gasteiger partial charge on any atom is 0.276 e. The van der Waals surface area contributed by atoms with Crippen LogP contribution in [-0.2, 0) is 4.74 Å². The number of imidazole rings is 1. The molecule has 2 aromatic heterocycles. The zero-order chi connectivity index (χ0) is 15.1. The Labute approximate surface area is 116 Å². The molecule has 4 N–H and O–H groups in total. The molecular formula is C11H11F2N5O3. The number of rotatable bonds is 2. The largest absolute Gasteiger partial charge is 0.394 e. The fraction of sp³-hybridized carbons (Fsp3) is 0.364. The topological polar surface area (TPSA) is 119 Å². The molecule has 21 heavy (non-hydrogen) atoms. The molecule has 1 aliphatic heterocycles. The van der Waals surface area contributed by atoms with Gasteiger partial charge in [0.05, 0.1) is 18.5 Å². The Hall–Kier alpha value is -2.17. The molecule has 112 valence electrons. The van der Waals surface area contributed by atoms with E-state index in [-0.39, 0.29) is 17.0 Å². The van der Waals surface area contributed by atoms with Crippen LogP contribution >= 0.6 is 0 Å². The molecule has 3 rings (SSSR count). The molecule has 0 aromatic carbocycles. The lowest BCUT2D eigenvalue weighted by Crippen LogP contribution is -2.25. The van der Waals surface area contributed by atoms with Crippen molar-refractivity contribution >= 4 is 17.0 Å². The molecule has 0 radical (unpaired) electrons. The summed E-state index contributed by atoms with van der Waals surface area (Å²) in [7, 11) is 0. The van der Waals surface area contributed by atoms with E-state index in [1.54, 1.807) is 0 Å². The van der Waals surface area contributed by atoms with E-state index in [9.17, 15) is 13.9 Å². The first kappa shape index (κ1) is 13.8. The van der Waals surface area contributed by atoms with Gasteiger partial charge in [-0.2, -0.15) is 8.78 Å². The van der Waals surface area contributed by atoms with Gasteiger partial charge in [-0.3, -0.25) is 4.57 Å². The Balaban J connectivity index is 2.14. The lowest BCUT2D eigenvalue weighted by atomic mass is 10.1. The highest BCUT2D eigenvalue weighted by atomic mass is 19.3. The van der Waals surface area contributed by atoms with Crippen molar-refractivity contribution in [3.05, 3.63) is 24.3 Å². The van der Waals surface area contributed by atoms with Crippen molar-refractivity contribution in [2.75, 3.05) is 12.3 Å². The summed E-state index contributed by atoms with van der Waals surface area (Å²) >= 11 is 0. The molecule has 1 saturated heterocycles. The summed E-state index contributed by atoms with van der Waals surface area (Å²) < 4.78 is 32.7. The quantitative estimate of drug-likeness (QED) is 0.703. The summed E-state index contributed by atoms with van der Waals surface area (Å²) in [6.07, 6.45) is -3.77. The van der Waals surface area contributed by atoms with E-state index in [1.807, 2.05) is 0 Å². The highest BCUT2D eigenvalue weighted by Gasteiger charge is 2.43. The average Bonchev–Trinajstić information content (AvgIpc) is 3.00. The first-order valence-electron chi connectivity index (χ1n) is 5.97. The number of ether oxygens (including phenoxy) is 1. The van der Waals surface area contributed by atoms with E-state index in [1.165, 1.54) is 17.2 Å². The number of nitrogens with two attached hydrogens (primary N) is 1. The van der Waals surface area contributed by atoms with E-state index in [2.05, 4.69) is 15.0 Å². The van der Waals surface area contributed by atoms with E-state index < -0.39 is 36.7 Å². The van der Waals surface area contributed by atoms with Crippen LogP contribution in [0.2, 0.25) is 0 Å². The standard InChI is InChI=1S/C11H11F2N5O3/c12-8(13)5-7(20)4(1-19)21-11(5)18-3-17-6-9(14)15-2-16-10(6)18/h2-4,7,11,19-20H,1H2,(H2,14,15,16)/t4-,7-,11-/m1/s1. The third-order valence-corrected chi connectivity index (χ3v) is 3.28. The Kier molecular flexibility index (Phi) is 3.27. The molecule has 0 aliphatic carbocycles. The number of aromatic nitrogens is 4. The van der Waals surface area contributed by atoms with E-state index in [4.69, 9.17) is 15.6 Å². The molecule has 0 amide bonds. The number of aliphatic hydroxyl groups excluding tert-OH is 2. The van der Waals surface area contributed by atoms with Crippen LogP contribution in [0.25, 0.3) is 11.2 Å². The number of halogens is 2. The number of aliphatic hydroxyl groups is 2. The minimum atomic E-state index is -2.08. The van der Waals surface area contributed by atoms with Crippen LogP contribution in [0.1, 0.15) is 6.23 Å². The number of fused-ring (bicyclic) bond motifs is 1. The van der Waals surface area contributed by atoms with Crippen molar-refractivity contribution in [1.29, 1.82) is 0 Å². The second kappa shape index (κ2) is 4.98. The van der Waals surface area contributed by atoms with Crippen LogP contribution in [0.15, 0.2) is 24.3 Å². The van der Waals surface area contributed by atoms with Crippen molar-refractivity contribution in [2.45, 2.75) is 18.4 Å². The molecule has 3 atom stereocenters. The van der Waals surface area contributed by atoms with Crippen LogP contribution in [0.3, 0.4) is 0 Å². The Bertz CT molecular complexity index is 715. The molecule has 1 aliphatic rings. The van der Waals surface area contributed by atoms with Crippen LogP contribution < -0.4 is 5.73 Å². The molecule has 0 spiro atoms. The predicted octanol–water partition coefficient (Wildman–Crippen LogP) is -0.190. The van der Waals surface area contributed by atoms with Crippen LogP contribution in [-0.4, -0.2) is 48.5 Å². The van der Waals surface area contributed by atoms with E-state index in [0.29, 0.717) is 0 Å². The minimum Gasteiger partial charge on any atom is -0.394 e. The second-order valence-electron chi connectivity index (χ2n) is 4.45. The molecule has 3 heterocycles. The molecule has 1 fully saturated rings. The highest BCUT2D eigenvalue weighted by Crippen LogP contribution is 2.38. The Morgan fingerprint density at radius 3 is 2.81 bits per heavy atom. The molecular weight excluding hydrogens is 288 g/mol. The smallest absolute Gasteiger partial charge is 0.276 e. The maximum atomic E-state index is 13.1. The van der Waals surface area contributed by atoms with E-state index >= 15 is 0 Å². The van der Waals surface area contributed by atoms with Crippen LogP contribution in [0.4, 0.5) is 14.6 Å². The van der Waals surface area contributed by atoms with Gasteiger partial charge in [0, 0.05) is 0 Å². The van der Waals surface area contributed by atoms with Gasteiger partial charge >= 0.3 is 0 Å². The molecule has 10 heteroatoms. The monoisotopic (exact) mass is 299 g/mol. The van der Waals surface area contributed by atoms with Gasteiger partial charge in [0.25, 0.3) is 6.08 Å². The van der Waals surface area contributed by atoms with Gasteiger partial charge in [0.1, 0.15) is 24.1 Å². The second-order valence-corrected chi connectivity index (χ2v) is 4.45. The van der Waals surface area contributed by atoms with Gasteiger partial charge in [0.2, 0.25) is 0 Å². The van der Waals surface area contributed by atoms with Gasteiger partial charge in [-0.1, -0.05) is 0 Å². The van der Waals surface area contributed by atoms with Gasteiger partial charge in [-0.05, 0) is 0 Å². The van der Waals surface area contributed by atoms with Crippen molar-refractivity contribution in [3.63, 3.8) is 0 Å². The fourth-order valence-electron chi connectivity index (χ4n) is 2.26. The third kappa shape index (κ3) is 2.04. The van der Waals surface area contributed by atoms with Gasteiger partial charge in [-0.15, -0.1) is 0 Å². The molecule has 0 unspecified atom stereocenters. The van der Waals surface area contributed by atoms with Crippen LogP contribution in [0, 0.1) is 0 Å². The molecule has 8 nitrogen and oxygen atoms in total. The summed E-state index contributed by atoms with van der Waals surface area (Å²) in [5.41, 5.74) is 5.42. The van der Waals surface area contributed by atoms with Crippen molar-refractivity contribution < 1.29 is 23.7 Å². The number of nitrogens with zero attached hydrogens (tertiary/aromatic N) is 4. The summed E-state index contributed by atoms with van der Waals surface area (Å²) in [5, 5.41) is 18.9. The lowest BCUT2D eigenvalue weighted by molar-refractivity contribution is -0.0423. The first-order chi connectivity index (χ1) is 10.0. The molecule has 0 bridgehead atoms. The van der Waals surface area contributed by atoms with Crippen molar-refractivity contribution in [1.82, 2.24) is 19.5 Å². The summed E-state index contributed by atoms with van der Waals surface area (Å²) in [6, 6.07) is 0. The maximum absolute atomic E-state index is 13.1. The third-order valence-electron chi connectivity index (χ3n) is 3.28. The van der Waals surface area contributed by atoms with E-state index in [0.717, 1.165) is 0 Å². The summed E-state index contributed by atoms with van der Waals surface area (Å²) in [6.45, 7) is -0.599. The fourth-order valence-corrected chi connectivity index (χ4v) is 2.26. The zero-order valence-electron chi connectivity index (χ0n) is 10.5. The highest BCUT2D eigenvalue weighted by molar-refractivity contribution is 5.81. The van der Waals surface area contributed by atoms with Gasteiger partial charge < -0.3 is 20.7 Å². The number of hydrogen-bond donors (Lipinski definition) is 3. The lowest BCUT2D eigenvalue weighted by Gasteiger charge is -2.14. The van der Waals surface area contributed by atoms with Crippen LogP contribution in [0.5, 0.6) is 0 Å². The molecule has 0 saturated carbocycles. The average molecular weight is 299 g/mol. The number of anilines is 1. The normalized spacial score (nSPS) is 25.7. The summed E-state index contributed by atoms with van der Waals surface area (Å²) in [5.74, 6) is 0.0993.